The number of likely N-dealkylation sites (tertiary alicyclic amines) is 1. The van der Waals surface area contributed by atoms with Gasteiger partial charge >= 0.3 is 12.0 Å². The molecule has 0 radical (unpaired) electrons. The van der Waals surface area contributed by atoms with Gasteiger partial charge in [0, 0.05) is 19.6 Å². The number of urea groups is 1. The van der Waals surface area contributed by atoms with Crippen LogP contribution in [0.2, 0.25) is 0 Å². The van der Waals surface area contributed by atoms with E-state index in [1.54, 1.807) is 4.90 Å². The summed E-state index contributed by atoms with van der Waals surface area (Å²) in [5.74, 6) is 0.00547. The number of nitrogens with zero attached hydrogens (tertiary/aromatic N) is 2. The van der Waals surface area contributed by atoms with Crippen molar-refractivity contribution in [2.24, 2.45) is 11.8 Å². The zero-order chi connectivity index (χ0) is 14.0. The van der Waals surface area contributed by atoms with Crippen LogP contribution in [0.4, 0.5) is 4.79 Å². The Labute approximate surface area is 113 Å². The van der Waals surface area contributed by atoms with Gasteiger partial charge in [-0.1, -0.05) is 13.8 Å². The first-order valence-corrected chi connectivity index (χ1v) is 6.85. The number of morpholine rings is 1. The molecule has 2 aliphatic heterocycles. The third-order valence-corrected chi connectivity index (χ3v) is 3.75. The molecule has 0 spiro atoms. The van der Waals surface area contributed by atoms with Crippen LogP contribution in [-0.4, -0.2) is 65.8 Å². The predicted octanol–water partition coefficient (Wildman–Crippen LogP) is 0.870. The van der Waals surface area contributed by atoms with E-state index in [9.17, 15) is 9.59 Å². The SMILES string of the molecule is CC1CC(C)CN(C(=O)N2CCOC(C(=O)O)C2)C1. The average molecular weight is 270 g/mol. The summed E-state index contributed by atoms with van der Waals surface area (Å²) in [5.41, 5.74) is 0. The number of carboxylic acids is 1. The predicted molar refractivity (Wildman–Crippen MR) is 68.9 cm³/mol. The zero-order valence-corrected chi connectivity index (χ0v) is 11.5. The molecule has 19 heavy (non-hydrogen) atoms. The van der Waals surface area contributed by atoms with E-state index in [4.69, 9.17) is 9.84 Å². The van der Waals surface area contributed by atoms with Gasteiger partial charge in [0.05, 0.1) is 13.2 Å². The second-order valence-corrected chi connectivity index (χ2v) is 5.78. The standard InChI is InChI=1S/C13H22N2O4/c1-9-5-10(2)7-15(6-9)13(18)14-3-4-19-11(8-14)12(16)17/h9-11H,3-8H2,1-2H3,(H,16,17). The lowest BCUT2D eigenvalue weighted by Gasteiger charge is -2.40. The van der Waals surface area contributed by atoms with E-state index >= 15 is 0 Å². The van der Waals surface area contributed by atoms with E-state index in [2.05, 4.69) is 13.8 Å². The lowest BCUT2D eigenvalue weighted by atomic mass is 9.92. The van der Waals surface area contributed by atoms with Gasteiger partial charge in [-0.25, -0.2) is 9.59 Å². The van der Waals surface area contributed by atoms with Crippen LogP contribution in [-0.2, 0) is 9.53 Å². The molecule has 0 aromatic rings. The topological polar surface area (TPSA) is 70.1 Å². The molecule has 6 nitrogen and oxygen atoms in total. The summed E-state index contributed by atoms with van der Waals surface area (Å²) in [6.45, 7) is 6.73. The van der Waals surface area contributed by atoms with Crippen molar-refractivity contribution in [3.63, 3.8) is 0 Å². The number of carboxylic acid groups (broad SMARTS) is 1. The van der Waals surface area contributed by atoms with Gasteiger partial charge in [-0.3, -0.25) is 0 Å². The molecule has 0 aliphatic carbocycles. The van der Waals surface area contributed by atoms with Crippen LogP contribution in [0.3, 0.4) is 0 Å². The Kier molecular flexibility index (Phi) is 4.29. The average Bonchev–Trinajstić information content (AvgIpc) is 2.37. The minimum atomic E-state index is -1.00. The highest BCUT2D eigenvalue weighted by atomic mass is 16.5. The molecule has 3 unspecified atom stereocenters. The van der Waals surface area contributed by atoms with E-state index in [-0.39, 0.29) is 12.6 Å². The zero-order valence-electron chi connectivity index (χ0n) is 11.5. The highest BCUT2D eigenvalue weighted by Gasteiger charge is 2.33. The first kappa shape index (κ1) is 14.1. The molecule has 2 rings (SSSR count). The first-order chi connectivity index (χ1) is 8.97. The molecule has 2 heterocycles. The number of rotatable bonds is 1. The van der Waals surface area contributed by atoms with Gasteiger partial charge in [0.2, 0.25) is 0 Å². The minimum Gasteiger partial charge on any atom is -0.479 e. The Morgan fingerprint density at radius 2 is 1.74 bits per heavy atom. The van der Waals surface area contributed by atoms with Gasteiger partial charge in [0.15, 0.2) is 6.10 Å². The molecule has 108 valence electrons. The number of carbonyl (C=O) groups excluding carboxylic acids is 1. The maximum Gasteiger partial charge on any atom is 0.334 e. The van der Waals surface area contributed by atoms with E-state index in [0.717, 1.165) is 19.5 Å². The van der Waals surface area contributed by atoms with Crippen molar-refractivity contribution < 1.29 is 19.4 Å². The number of amides is 2. The maximum atomic E-state index is 12.4. The van der Waals surface area contributed by atoms with E-state index in [1.165, 1.54) is 0 Å². The Bertz CT molecular complexity index is 351. The van der Waals surface area contributed by atoms with Crippen LogP contribution in [0, 0.1) is 11.8 Å². The van der Waals surface area contributed by atoms with Crippen LogP contribution in [0.5, 0.6) is 0 Å². The first-order valence-electron chi connectivity index (χ1n) is 6.85. The fourth-order valence-corrected chi connectivity index (χ4v) is 2.99. The minimum absolute atomic E-state index is 0.0482. The number of aliphatic carboxylic acids is 1. The van der Waals surface area contributed by atoms with E-state index < -0.39 is 12.1 Å². The van der Waals surface area contributed by atoms with Gasteiger partial charge in [-0.2, -0.15) is 0 Å². The van der Waals surface area contributed by atoms with Crippen molar-refractivity contribution in [2.75, 3.05) is 32.8 Å². The van der Waals surface area contributed by atoms with Crippen LogP contribution in [0.25, 0.3) is 0 Å². The summed E-state index contributed by atoms with van der Waals surface area (Å²) >= 11 is 0. The summed E-state index contributed by atoms with van der Waals surface area (Å²) in [5, 5.41) is 8.96. The van der Waals surface area contributed by atoms with Crippen LogP contribution in [0.15, 0.2) is 0 Å². The molecule has 3 atom stereocenters. The number of carbonyl (C=O) groups is 2. The van der Waals surface area contributed by atoms with Crippen molar-refractivity contribution in [3.8, 4) is 0 Å². The summed E-state index contributed by atoms with van der Waals surface area (Å²) in [6, 6.07) is -0.0482. The summed E-state index contributed by atoms with van der Waals surface area (Å²) in [6.07, 6.45) is 0.252. The fraction of sp³-hybridized carbons (Fsp3) is 0.846. The van der Waals surface area contributed by atoms with Crippen molar-refractivity contribution in [1.82, 2.24) is 9.80 Å². The number of piperidine rings is 1. The normalized spacial score (nSPS) is 32.2. The van der Waals surface area contributed by atoms with E-state index in [1.807, 2.05) is 4.90 Å². The number of hydrogen-bond donors (Lipinski definition) is 1. The summed E-state index contributed by atoms with van der Waals surface area (Å²) < 4.78 is 5.14. The van der Waals surface area contributed by atoms with Gasteiger partial charge in [0.1, 0.15) is 0 Å². The van der Waals surface area contributed by atoms with Crippen LogP contribution in [0.1, 0.15) is 20.3 Å². The Morgan fingerprint density at radius 3 is 2.32 bits per heavy atom. The molecular weight excluding hydrogens is 248 g/mol. The Balaban J connectivity index is 1.96. The molecular formula is C13H22N2O4. The third-order valence-electron chi connectivity index (χ3n) is 3.75. The van der Waals surface area contributed by atoms with Gasteiger partial charge in [0.25, 0.3) is 0 Å². The molecule has 2 aliphatic rings. The van der Waals surface area contributed by atoms with Crippen LogP contribution < -0.4 is 0 Å². The number of hydrogen-bond acceptors (Lipinski definition) is 3. The molecule has 2 fully saturated rings. The van der Waals surface area contributed by atoms with Crippen molar-refractivity contribution in [3.05, 3.63) is 0 Å². The molecule has 0 aromatic heterocycles. The van der Waals surface area contributed by atoms with Gasteiger partial charge < -0.3 is 19.6 Å². The quantitative estimate of drug-likeness (QED) is 0.767. The smallest absolute Gasteiger partial charge is 0.334 e. The van der Waals surface area contributed by atoms with Gasteiger partial charge in [-0.05, 0) is 18.3 Å². The van der Waals surface area contributed by atoms with Crippen LogP contribution >= 0.6 is 0 Å². The Hall–Kier alpha value is -1.30. The molecule has 2 saturated heterocycles. The third kappa shape index (κ3) is 3.37. The van der Waals surface area contributed by atoms with Crippen molar-refractivity contribution in [1.29, 1.82) is 0 Å². The maximum absolute atomic E-state index is 12.4. The van der Waals surface area contributed by atoms with Crippen molar-refractivity contribution in [2.45, 2.75) is 26.4 Å². The lowest BCUT2D eigenvalue weighted by molar-refractivity contribution is -0.154. The summed E-state index contributed by atoms with van der Waals surface area (Å²) in [7, 11) is 0. The Morgan fingerprint density at radius 1 is 1.11 bits per heavy atom. The van der Waals surface area contributed by atoms with Gasteiger partial charge in [-0.15, -0.1) is 0 Å². The largest absolute Gasteiger partial charge is 0.479 e. The molecule has 0 aromatic carbocycles. The van der Waals surface area contributed by atoms with Crippen molar-refractivity contribution >= 4 is 12.0 Å². The summed E-state index contributed by atoms with van der Waals surface area (Å²) in [4.78, 5) is 26.8. The fourth-order valence-electron chi connectivity index (χ4n) is 2.99. The monoisotopic (exact) mass is 270 g/mol. The van der Waals surface area contributed by atoms with E-state index in [0.29, 0.717) is 25.0 Å². The second-order valence-electron chi connectivity index (χ2n) is 5.78. The molecule has 0 saturated carbocycles. The molecule has 1 N–H and O–H groups in total. The molecule has 0 bridgehead atoms. The highest BCUT2D eigenvalue weighted by Crippen LogP contribution is 2.22. The highest BCUT2D eigenvalue weighted by molar-refractivity contribution is 5.77. The second kappa shape index (κ2) is 5.77. The number of ether oxygens (including phenoxy) is 1. The molecule has 2 amide bonds. The molecule has 6 heteroatoms. The lowest BCUT2D eigenvalue weighted by Crippen LogP contribution is -2.55.